The van der Waals surface area contributed by atoms with E-state index in [4.69, 9.17) is 3.79 Å². The molecular formula is C12H11AlO. The number of hydrogen-bond acceptors (Lipinski definition) is 1. The van der Waals surface area contributed by atoms with Gasteiger partial charge in [-0.3, -0.25) is 0 Å². The van der Waals surface area contributed by atoms with Crippen molar-refractivity contribution in [1.29, 1.82) is 0 Å². The van der Waals surface area contributed by atoms with E-state index in [2.05, 4.69) is 24.3 Å². The molecule has 2 heteroatoms. The van der Waals surface area contributed by atoms with Crippen molar-refractivity contribution in [1.82, 2.24) is 0 Å². The van der Waals surface area contributed by atoms with Gasteiger partial charge in [0.2, 0.25) is 0 Å². The SMILES string of the molecule is [AlH2][O]c1cccc(-c2ccccc2)c1. The standard InChI is InChI=1S/C12H10O.Al.2H/c13-12-8-4-7-11(9-12)10-5-2-1-3-6-10;;;/h1-9,13H;;;/q;+1;;/p-1. The summed E-state index contributed by atoms with van der Waals surface area (Å²) in [7, 11) is 0. The van der Waals surface area contributed by atoms with Crippen molar-refractivity contribution >= 4 is 16.6 Å². The summed E-state index contributed by atoms with van der Waals surface area (Å²) in [4.78, 5) is 0. The molecule has 14 heavy (non-hydrogen) atoms. The predicted molar refractivity (Wildman–Crippen MR) is 61.1 cm³/mol. The Morgan fingerprint density at radius 3 is 2.21 bits per heavy atom. The van der Waals surface area contributed by atoms with Crippen molar-refractivity contribution in [3.8, 4) is 16.9 Å². The van der Waals surface area contributed by atoms with Gasteiger partial charge in [-0.2, -0.15) is 0 Å². The highest BCUT2D eigenvalue weighted by Gasteiger charge is 1.96. The van der Waals surface area contributed by atoms with Crippen molar-refractivity contribution in [3.05, 3.63) is 54.6 Å². The van der Waals surface area contributed by atoms with Gasteiger partial charge in [-0.25, -0.2) is 0 Å². The highest BCUT2D eigenvalue weighted by atomic mass is 27.1. The Kier molecular flexibility index (Phi) is 2.88. The van der Waals surface area contributed by atoms with E-state index in [-0.39, 0.29) is 0 Å². The lowest BCUT2D eigenvalue weighted by Gasteiger charge is -2.05. The predicted octanol–water partition coefficient (Wildman–Crippen LogP) is 2.28. The fraction of sp³-hybridized carbons (Fsp3) is 0. The van der Waals surface area contributed by atoms with Crippen LogP contribution in [0.15, 0.2) is 54.6 Å². The smallest absolute Gasteiger partial charge is 0.496 e. The Bertz CT molecular complexity index is 412. The lowest BCUT2D eigenvalue weighted by atomic mass is 10.1. The van der Waals surface area contributed by atoms with Crippen LogP contribution in [0.5, 0.6) is 5.75 Å². The Labute approximate surface area is 92.1 Å². The third-order valence-corrected chi connectivity index (χ3v) is 2.65. The summed E-state index contributed by atoms with van der Waals surface area (Å²) in [5.74, 6) is 0.956. The Balaban J connectivity index is 2.42. The molecule has 0 aliphatic heterocycles. The van der Waals surface area contributed by atoms with E-state index in [0.717, 1.165) is 22.4 Å². The molecule has 0 radical (unpaired) electrons. The van der Waals surface area contributed by atoms with Crippen LogP contribution in [0, 0.1) is 0 Å². The van der Waals surface area contributed by atoms with E-state index >= 15 is 0 Å². The molecule has 0 atom stereocenters. The van der Waals surface area contributed by atoms with Crippen molar-refractivity contribution in [2.45, 2.75) is 0 Å². The van der Waals surface area contributed by atoms with E-state index < -0.39 is 0 Å². The van der Waals surface area contributed by atoms with Crippen molar-refractivity contribution in [3.63, 3.8) is 0 Å². The van der Waals surface area contributed by atoms with Crippen molar-refractivity contribution in [2.75, 3.05) is 0 Å². The van der Waals surface area contributed by atoms with Crippen LogP contribution in [0.25, 0.3) is 11.1 Å². The van der Waals surface area contributed by atoms with Gasteiger partial charge in [-0.1, -0.05) is 42.5 Å². The van der Waals surface area contributed by atoms with Gasteiger partial charge < -0.3 is 3.79 Å². The second kappa shape index (κ2) is 4.33. The second-order valence-electron chi connectivity index (χ2n) is 3.10. The van der Waals surface area contributed by atoms with Crippen LogP contribution in [0.4, 0.5) is 0 Å². The fourth-order valence-electron chi connectivity index (χ4n) is 1.43. The van der Waals surface area contributed by atoms with E-state index in [0.29, 0.717) is 0 Å². The maximum absolute atomic E-state index is 5.32. The Morgan fingerprint density at radius 2 is 1.50 bits per heavy atom. The summed E-state index contributed by atoms with van der Waals surface area (Å²) in [5, 5.41) is 0. The molecule has 0 saturated carbocycles. The van der Waals surface area contributed by atoms with Crippen molar-refractivity contribution in [2.24, 2.45) is 0 Å². The average molecular weight is 198 g/mol. The molecule has 68 valence electrons. The monoisotopic (exact) mass is 198 g/mol. The summed E-state index contributed by atoms with van der Waals surface area (Å²) >= 11 is 0.737. The molecule has 0 amide bonds. The first kappa shape index (κ1) is 9.33. The third kappa shape index (κ3) is 1.98. The lowest BCUT2D eigenvalue weighted by molar-refractivity contribution is 0.616. The molecule has 1 nitrogen and oxygen atoms in total. The van der Waals surface area contributed by atoms with Gasteiger partial charge in [0.05, 0.1) is 5.75 Å². The molecule has 0 spiro atoms. The highest BCUT2D eigenvalue weighted by Crippen LogP contribution is 2.22. The van der Waals surface area contributed by atoms with Crippen LogP contribution >= 0.6 is 0 Å². The molecule has 0 heterocycles. The molecule has 0 N–H and O–H groups in total. The molecule has 0 saturated heterocycles. The first-order valence-electron chi connectivity index (χ1n) is 4.59. The summed E-state index contributed by atoms with van der Waals surface area (Å²) in [6, 6.07) is 18.5. The lowest BCUT2D eigenvalue weighted by Crippen LogP contribution is -1.85. The van der Waals surface area contributed by atoms with Crippen molar-refractivity contribution < 1.29 is 3.79 Å². The molecule has 0 aliphatic rings. The van der Waals surface area contributed by atoms with Crippen LogP contribution in [-0.4, -0.2) is 16.6 Å². The van der Waals surface area contributed by atoms with Gasteiger partial charge in [0.25, 0.3) is 0 Å². The maximum atomic E-state index is 5.32. The minimum absolute atomic E-state index is 0.737. The molecular weight excluding hydrogens is 187 g/mol. The maximum Gasteiger partial charge on any atom is 0.496 e. The van der Waals surface area contributed by atoms with E-state index in [1.54, 1.807) is 0 Å². The zero-order valence-corrected chi connectivity index (χ0v) is 10.1. The van der Waals surface area contributed by atoms with E-state index in [9.17, 15) is 0 Å². The van der Waals surface area contributed by atoms with Crippen LogP contribution in [0.1, 0.15) is 0 Å². The molecule has 0 unspecified atom stereocenters. The summed E-state index contributed by atoms with van der Waals surface area (Å²) < 4.78 is 5.32. The first-order valence-corrected chi connectivity index (χ1v) is 5.41. The molecule has 0 bridgehead atoms. The highest BCUT2D eigenvalue weighted by molar-refractivity contribution is 6.00. The first-order chi connectivity index (χ1) is 6.90. The summed E-state index contributed by atoms with van der Waals surface area (Å²) in [6.45, 7) is 0. The molecule has 0 aromatic heterocycles. The van der Waals surface area contributed by atoms with Gasteiger partial charge in [-0.05, 0) is 23.3 Å². The van der Waals surface area contributed by atoms with Gasteiger partial charge in [-0.15, -0.1) is 0 Å². The normalized spacial score (nSPS) is 9.71. The summed E-state index contributed by atoms with van der Waals surface area (Å²) in [5.41, 5.74) is 2.44. The number of rotatable bonds is 2. The van der Waals surface area contributed by atoms with Crippen LogP contribution in [0.2, 0.25) is 0 Å². The minimum atomic E-state index is 0.737. The zero-order valence-electron chi connectivity index (χ0n) is 8.10. The topological polar surface area (TPSA) is 9.23 Å². The fourth-order valence-corrected chi connectivity index (χ4v) is 1.69. The number of benzene rings is 2. The van der Waals surface area contributed by atoms with Gasteiger partial charge in [0.15, 0.2) is 0 Å². The van der Waals surface area contributed by atoms with Crippen LogP contribution in [-0.2, 0) is 0 Å². The third-order valence-electron chi connectivity index (χ3n) is 2.18. The minimum Gasteiger partial charge on any atom is -0.647 e. The van der Waals surface area contributed by atoms with E-state index in [1.165, 1.54) is 11.1 Å². The zero-order chi connectivity index (χ0) is 9.80. The molecule has 2 aromatic carbocycles. The Hall–Kier alpha value is -1.23. The molecule has 0 fully saturated rings. The molecule has 2 aromatic rings. The second-order valence-corrected chi connectivity index (χ2v) is 3.51. The van der Waals surface area contributed by atoms with Crippen LogP contribution in [0.3, 0.4) is 0 Å². The Morgan fingerprint density at radius 1 is 0.786 bits per heavy atom. The average Bonchev–Trinajstić information content (AvgIpc) is 2.30. The molecule has 2 rings (SSSR count). The van der Waals surface area contributed by atoms with E-state index in [1.807, 2.05) is 30.3 Å². The van der Waals surface area contributed by atoms with Gasteiger partial charge >= 0.3 is 16.6 Å². The quantitative estimate of drug-likeness (QED) is 0.673. The molecule has 0 aliphatic carbocycles. The largest absolute Gasteiger partial charge is 0.647 e. The van der Waals surface area contributed by atoms with Gasteiger partial charge in [0, 0.05) is 0 Å². The number of hydrogen-bond donors (Lipinski definition) is 0. The van der Waals surface area contributed by atoms with Gasteiger partial charge in [0.1, 0.15) is 0 Å². The van der Waals surface area contributed by atoms with Crippen LogP contribution < -0.4 is 3.79 Å². The summed E-state index contributed by atoms with van der Waals surface area (Å²) in [6.07, 6.45) is 0.